The van der Waals surface area contributed by atoms with Gasteiger partial charge < -0.3 is 29.3 Å². The van der Waals surface area contributed by atoms with Crippen molar-refractivity contribution >= 4 is 33.3 Å². The van der Waals surface area contributed by atoms with Gasteiger partial charge in [0.05, 0.1) is 11.1 Å². The first-order valence-electron chi connectivity index (χ1n) is 14.5. The van der Waals surface area contributed by atoms with Crippen LogP contribution in [0.4, 0.5) is 10.1 Å². The first-order valence-corrected chi connectivity index (χ1v) is 14.5. The summed E-state index contributed by atoms with van der Waals surface area (Å²) in [6.07, 6.45) is 4.30. The van der Waals surface area contributed by atoms with Gasteiger partial charge in [-0.3, -0.25) is 9.59 Å². The van der Waals surface area contributed by atoms with Crippen LogP contribution in [0.3, 0.4) is 0 Å². The zero-order valence-electron chi connectivity index (χ0n) is 23.3. The second-order valence-electron chi connectivity index (χ2n) is 11.4. The van der Waals surface area contributed by atoms with Gasteiger partial charge >= 0.3 is 0 Å². The molecule has 8 nitrogen and oxygen atoms in total. The number of pyridine rings is 1. The number of piperazine rings is 1. The van der Waals surface area contributed by atoms with Crippen molar-refractivity contribution in [2.45, 2.75) is 26.7 Å². The van der Waals surface area contributed by atoms with Crippen LogP contribution in [-0.2, 0) is 0 Å². The molecule has 2 saturated heterocycles. The third-order valence-corrected chi connectivity index (χ3v) is 8.67. The molecule has 2 fully saturated rings. The molecule has 0 saturated carbocycles. The zero-order valence-corrected chi connectivity index (χ0v) is 23.3. The van der Waals surface area contributed by atoms with E-state index in [0.29, 0.717) is 36.6 Å². The highest BCUT2D eigenvalue weighted by molar-refractivity contribution is 6.02. The van der Waals surface area contributed by atoms with E-state index in [9.17, 15) is 9.59 Å². The number of nitrogens with one attached hydrogen (secondary N) is 1. The molecular formula is C33H38FN5O3. The Hall–Kier alpha value is -3.95. The molecule has 7 rings (SSSR count). The maximum Gasteiger partial charge on any atom is 0.259 e. The van der Waals surface area contributed by atoms with Gasteiger partial charge in [-0.1, -0.05) is 31.7 Å². The molecule has 1 aromatic heterocycles. The number of anilines is 1. The Balaban J connectivity index is 0.00000316. The molecular weight excluding hydrogens is 533 g/mol. The Kier molecular flexibility index (Phi) is 7.64. The normalized spacial score (nSPS) is 16.8. The number of amides is 1. The van der Waals surface area contributed by atoms with E-state index in [1.54, 1.807) is 11.1 Å². The number of likely N-dealkylation sites (N-methyl/N-ethyl adjacent to an activating group) is 1. The molecule has 0 aliphatic carbocycles. The predicted octanol–water partition coefficient (Wildman–Crippen LogP) is 5.31. The number of carbonyl (C=O) groups excluding carboxylic acids is 1. The van der Waals surface area contributed by atoms with Crippen LogP contribution in [0.1, 0.15) is 37.0 Å². The molecule has 9 heteroatoms. The van der Waals surface area contributed by atoms with Crippen molar-refractivity contribution in [3.05, 3.63) is 70.3 Å². The van der Waals surface area contributed by atoms with Gasteiger partial charge in [0.15, 0.2) is 17.3 Å². The average molecular weight is 572 g/mol. The van der Waals surface area contributed by atoms with E-state index in [1.807, 2.05) is 41.0 Å². The minimum absolute atomic E-state index is 0. The van der Waals surface area contributed by atoms with Crippen molar-refractivity contribution in [2.75, 3.05) is 64.7 Å². The number of carbonyl (C=O) groups is 1. The summed E-state index contributed by atoms with van der Waals surface area (Å²) in [4.78, 5) is 33.6. The number of nitrogens with zero attached hydrogens (tertiary/aromatic N) is 4. The number of ether oxygens (including phenoxy) is 1. The predicted molar refractivity (Wildman–Crippen MR) is 166 cm³/mol. The fraction of sp³-hybridized carbons (Fsp3) is 0.394. The Morgan fingerprint density at radius 1 is 1.00 bits per heavy atom. The van der Waals surface area contributed by atoms with Crippen LogP contribution in [0, 0.1) is 5.82 Å². The molecule has 0 bridgehead atoms. The maximum atomic E-state index is 15.8. The fourth-order valence-electron chi connectivity index (χ4n) is 6.30. The van der Waals surface area contributed by atoms with Crippen LogP contribution < -0.4 is 15.5 Å². The van der Waals surface area contributed by atoms with E-state index in [-0.39, 0.29) is 35.7 Å². The van der Waals surface area contributed by atoms with Crippen molar-refractivity contribution in [2.24, 2.45) is 0 Å². The molecule has 4 aromatic rings. The van der Waals surface area contributed by atoms with Gasteiger partial charge in [-0.2, -0.15) is 0 Å². The second kappa shape index (κ2) is 11.4. The van der Waals surface area contributed by atoms with E-state index < -0.39 is 11.2 Å². The molecule has 1 amide bonds. The summed E-state index contributed by atoms with van der Waals surface area (Å²) in [7, 11) is 2.14. The standard InChI is InChI=1S/C32H34FN5O3.CH4/c1-35-13-15-36(16-14-35)10-6-9-34-28-25(33)19-23-29-31(28)41-27-18-22-8-3-2-7-21(22)17-26(27)38(29)20-24(30(23)39)32(40)37-11-4-5-12-37;/h2-3,7-8,17-20,34H,4-6,9-16H2,1H3;1H4. The van der Waals surface area contributed by atoms with Crippen LogP contribution in [0.25, 0.3) is 27.4 Å². The van der Waals surface area contributed by atoms with Gasteiger partial charge in [0.1, 0.15) is 16.8 Å². The number of fused-ring (bicyclic) bond motifs is 3. The van der Waals surface area contributed by atoms with Crippen molar-refractivity contribution in [1.82, 2.24) is 19.3 Å². The highest BCUT2D eigenvalue weighted by Gasteiger charge is 2.30. The maximum absolute atomic E-state index is 15.8. The molecule has 0 unspecified atom stereocenters. The molecule has 220 valence electrons. The number of rotatable bonds is 6. The summed E-state index contributed by atoms with van der Waals surface area (Å²) in [5.41, 5.74) is 1.01. The summed E-state index contributed by atoms with van der Waals surface area (Å²) in [6.45, 7) is 6.90. The van der Waals surface area contributed by atoms with Gasteiger partial charge in [0, 0.05) is 52.0 Å². The van der Waals surface area contributed by atoms with Gasteiger partial charge in [0.2, 0.25) is 5.43 Å². The van der Waals surface area contributed by atoms with Crippen LogP contribution in [0.5, 0.6) is 11.5 Å². The lowest BCUT2D eigenvalue weighted by atomic mass is 10.0. The van der Waals surface area contributed by atoms with Gasteiger partial charge in [-0.25, -0.2) is 4.39 Å². The topological polar surface area (TPSA) is 70.0 Å². The number of hydrogen-bond acceptors (Lipinski definition) is 6. The van der Waals surface area contributed by atoms with Crippen molar-refractivity contribution in [3.63, 3.8) is 0 Å². The molecule has 0 spiro atoms. The molecule has 3 aliphatic heterocycles. The van der Waals surface area contributed by atoms with E-state index >= 15 is 4.39 Å². The Labute approximate surface area is 245 Å². The zero-order chi connectivity index (χ0) is 28.1. The summed E-state index contributed by atoms with van der Waals surface area (Å²) in [6, 6.07) is 13.1. The quantitative estimate of drug-likeness (QED) is 0.279. The van der Waals surface area contributed by atoms with Gasteiger partial charge in [0.25, 0.3) is 5.91 Å². The first kappa shape index (κ1) is 28.2. The van der Waals surface area contributed by atoms with E-state index in [1.165, 1.54) is 6.07 Å². The Morgan fingerprint density at radius 2 is 1.71 bits per heavy atom. The average Bonchev–Trinajstić information content (AvgIpc) is 3.52. The number of halogens is 1. The molecule has 42 heavy (non-hydrogen) atoms. The number of likely N-dealkylation sites (tertiary alicyclic amines) is 1. The minimum Gasteiger partial charge on any atom is -0.451 e. The highest BCUT2D eigenvalue weighted by Crippen LogP contribution is 2.46. The largest absolute Gasteiger partial charge is 0.451 e. The van der Waals surface area contributed by atoms with Crippen molar-refractivity contribution in [3.8, 4) is 17.2 Å². The smallest absolute Gasteiger partial charge is 0.259 e. The highest BCUT2D eigenvalue weighted by atomic mass is 19.1. The molecule has 4 heterocycles. The Bertz CT molecular complexity index is 1720. The Morgan fingerprint density at radius 3 is 2.45 bits per heavy atom. The lowest BCUT2D eigenvalue weighted by molar-refractivity contribution is 0.0791. The second-order valence-corrected chi connectivity index (χ2v) is 11.4. The number of aromatic nitrogens is 1. The van der Waals surface area contributed by atoms with Crippen molar-refractivity contribution < 1.29 is 13.9 Å². The number of benzene rings is 3. The van der Waals surface area contributed by atoms with E-state index in [4.69, 9.17) is 4.74 Å². The third-order valence-electron chi connectivity index (χ3n) is 8.67. The lowest BCUT2D eigenvalue weighted by Crippen LogP contribution is -2.44. The van der Waals surface area contributed by atoms with E-state index in [2.05, 4.69) is 22.2 Å². The lowest BCUT2D eigenvalue weighted by Gasteiger charge is -2.32. The summed E-state index contributed by atoms with van der Waals surface area (Å²) < 4.78 is 24.0. The van der Waals surface area contributed by atoms with Gasteiger partial charge in [-0.05, 0) is 61.8 Å². The molecule has 3 aromatic carbocycles. The third kappa shape index (κ3) is 4.90. The molecule has 0 radical (unpaired) electrons. The van der Waals surface area contributed by atoms with Crippen molar-refractivity contribution in [1.29, 1.82) is 0 Å². The number of hydrogen-bond donors (Lipinski definition) is 1. The first-order chi connectivity index (χ1) is 20.0. The summed E-state index contributed by atoms with van der Waals surface area (Å²) in [5, 5.41) is 5.41. The SMILES string of the molecule is C.CN1CCN(CCCNc2c(F)cc3c(=O)c(C(=O)N4CCCC4)cn4c3c2Oc2cc3ccccc3cc2-4)CC1. The van der Waals surface area contributed by atoms with Crippen LogP contribution in [-0.4, -0.2) is 84.6 Å². The molecule has 1 N–H and O–H groups in total. The van der Waals surface area contributed by atoms with Crippen LogP contribution in [0.15, 0.2) is 53.5 Å². The van der Waals surface area contributed by atoms with Gasteiger partial charge in [-0.15, -0.1) is 0 Å². The van der Waals surface area contributed by atoms with Crippen LogP contribution in [0.2, 0.25) is 0 Å². The van der Waals surface area contributed by atoms with Crippen LogP contribution >= 0.6 is 0 Å². The molecule has 3 aliphatic rings. The fourth-order valence-corrected chi connectivity index (χ4v) is 6.30. The summed E-state index contributed by atoms with van der Waals surface area (Å²) >= 11 is 0. The molecule has 0 atom stereocenters. The van der Waals surface area contributed by atoms with E-state index in [0.717, 1.165) is 62.8 Å². The monoisotopic (exact) mass is 571 g/mol. The summed E-state index contributed by atoms with van der Waals surface area (Å²) in [5.74, 6) is -0.0442. The minimum atomic E-state index is -0.564.